The fourth-order valence-corrected chi connectivity index (χ4v) is 3.26. The van der Waals surface area contributed by atoms with Gasteiger partial charge in [0.05, 0.1) is 26.3 Å². The zero-order valence-corrected chi connectivity index (χ0v) is 16.2. The van der Waals surface area contributed by atoms with Crippen LogP contribution >= 0.6 is 15.9 Å². The summed E-state index contributed by atoms with van der Waals surface area (Å²) in [7, 11) is 0. The standard InChI is InChI=1S/C16H10BrN2O2.C4H9NO/c17-10-3-1-9(2-4-10)15-12-6-5-11(20)7-14(12)21-16(19)13(15)8-18;1-3-6-4-2-5-1/h1-7,15,19-20H;5H,1-4H2/q-1;/p+1. The first-order valence-electron chi connectivity index (χ1n) is 8.61. The maximum Gasteiger partial charge on any atom is 0.222 e. The van der Waals surface area contributed by atoms with Gasteiger partial charge in [-0.2, -0.15) is 0 Å². The molecule has 27 heavy (non-hydrogen) atoms. The van der Waals surface area contributed by atoms with Crippen molar-refractivity contribution in [2.45, 2.75) is 5.92 Å². The van der Waals surface area contributed by atoms with Gasteiger partial charge in [-0.05, 0) is 23.8 Å². The Balaban J connectivity index is 0.000000299. The molecule has 1 atom stereocenters. The maximum atomic E-state index is 9.56. The van der Waals surface area contributed by atoms with Gasteiger partial charge < -0.3 is 25.3 Å². The molecule has 140 valence electrons. The number of phenolic OH excluding ortho intramolecular Hbond substituents is 1. The van der Waals surface area contributed by atoms with Crippen molar-refractivity contribution in [3.63, 3.8) is 0 Å². The van der Waals surface area contributed by atoms with Crippen LogP contribution in [0.3, 0.4) is 0 Å². The number of hydrogen-bond acceptors (Lipinski definition) is 4. The Morgan fingerprint density at radius 2 is 1.85 bits per heavy atom. The second kappa shape index (κ2) is 8.97. The zero-order chi connectivity index (χ0) is 19.2. The van der Waals surface area contributed by atoms with E-state index in [2.05, 4.69) is 27.1 Å². The van der Waals surface area contributed by atoms with Gasteiger partial charge in [-0.1, -0.05) is 34.1 Å². The van der Waals surface area contributed by atoms with Crippen LogP contribution < -0.4 is 10.1 Å². The molecule has 0 aromatic heterocycles. The molecule has 2 heterocycles. The van der Waals surface area contributed by atoms with E-state index in [1.165, 1.54) is 6.07 Å². The number of fused-ring (bicyclic) bond motifs is 1. The molecule has 6 nitrogen and oxygen atoms in total. The van der Waals surface area contributed by atoms with Gasteiger partial charge in [0.2, 0.25) is 5.90 Å². The molecule has 2 aliphatic rings. The molecule has 4 N–H and O–H groups in total. The van der Waals surface area contributed by atoms with E-state index >= 15 is 0 Å². The highest BCUT2D eigenvalue weighted by atomic mass is 79.9. The summed E-state index contributed by atoms with van der Waals surface area (Å²) < 4.78 is 11.3. The highest BCUT2D eigenvalue weighted by molar-refractivity contribution is 9.10. The molecule has 0 saturated carbocycles. The normalized spacial score (nSPS) is 18.5. The van der Waals surface area contributed by atoms with Gasteiger partial charge in [-0.15, -0.1) is 0 Å². The lowest BCUT2D eigenvalue weighted by Crippen LogP contribution is -2.87. The van der Waals surface area contributed by atoms with Crippen LogP contribution in [0.5, 0.6) is 11.5 Å². The van der Waals surface area contributed by atoms with Crippen molar-refractivity contribution in [1.82, 2.24) is 0 Å². The van der Waals surface area contributed by atoms with Crippen LogP contribution in [0.4, 0.5) is 0 Å². The molecule has 4 rings (SSSR count). The third kappa shape index (κ3) is 4.64. The van der Waals surface area contributed by atoms with Crippen molar-refractivity contribution in [3.05, 3.63) is 69.0 Å². The minimum Gasteiger partial charge on any atom is -0.763 e. The molecule has 0 bridgehead atoms. The maximum absolute atomic E-state index is 9.56. The summed E-state index contributed by atoms with van der Waals surface area (Å²) in [6.45, 7) is 4.19. The van der Waals surface area contributed by atoms with Gasteiger partial charge in [0.25, 0.3) is 0 Å². The number of nitrogens with two attached hydrogens (primary N) is 1. The van der Waals surface area contributed by atoms with Crippen LogP contribution in [0.1, 0.15) is 17.0 Å². The van der Waals surface area contributed by atoms with Gasteiger partial charge in [0.15, 0.2) is 0 Å². The first kappa shape index (κ1) is 19.3. The van der Waals surface area contributed by atoms with Crippen molar-refractivity contribution < 1.29 is 19.9 Å². The average Bonchev–Trinajstić information content (AvgIpc) is 2.69. The molecule has 2 aliphatic heterocycles. The number of ether oxygens (including phenoxy) is 2. The molecule has 0 spiro atoms. The Morgan fingerprint density at radius 3 is 2.41 bits per heavy atom. The van der Waals surface area contributed by atoms with Crippen LogP contribution in [0.15, 0.2) is 52.5 Å². The number of rotatable bonds is 1. The van der Waals surface area contributed by atoms with Crippen LogP contribution in [0.25, 0.3) is 5.41 Å². The second-order valence-electron chi connectivity index (χ2n) is 6.14. The largest absolute Gasteiger partial charge is 0.763 e. The molecule has 1 fully saturated rings. The van der Waals surface area contributed by atoms with Crippen LogP contribution in [-0.4, -0.2) is 43.2 Å². The quantitative estimate of drug-likeness (QED) is 0.606. The molecule has 0 radical (unpaired) electrons. The van der Waals surface area contributed by atoms with E-state index in [-0.39, 0.29) is 23.1 Å². The molecule has 1 unspecified atom stereocenters. The van der Waals surface area contributed by atoms with Gasteiger partial charge in [0, 0.05) is 27.6 Å². The van der Waals surface area contributed by atoms with Gasteiger partial charge in [-0.3, -0.25) is 11.3 Å². The number of quaternary nitrogens is 1. The Labute approximate surface area is 166 Å². The fraction of sp³-hybridized carbons (Fsp3) is 0.250. The van der Waals surface area contributed by atoms with Crippen molar-refractivity contribution in [2.24, 2.45) is 0 Å². The monoisotopic (exact) mass is 429 g/mol. The Morgan fingerprint density at radius 1 is 1.15 bits per heavy atom. The molecule has 0 amide bonds. The molecule has 0 aliphatic carbocycles. The van der Waals surface area contributed by atoms with Crippen LogP contribution in [0.2, 0.25) is 0 Å². The number of halogens is 1. The highest BCUT2D eigenvalue weighted by Crippen LogP contribution is 2.42. The van der Waals surface area contributed by atoms with E-state index in [1.54, 1.807) is 12.1 Å². The van der Waals surface area contributed by atoms with E-state index in [0.29, 0.717) is 5.75 Å². The van der Waals surface area contributed by atoms with E-state index in [9.17, 15) is 10.5 Å². The number of nitrogens with zero attached hydrogens (tertiary/aromatic N) is 1. The lowest BCUT2D eigenvalue weighted by atomic mass is 9.83. The summed E-state index contributed by atoms with van der Waals surface area (Å²) in [5.41, 5.74) is 1.92. The predicted molar refractivity (Wildman–Crippen MR) is 107 cm³/mol. The topological polar surface area (TPSA) is 101 Å². The summed E-state index contributed by atoms with van der Waals surface area (Å²) in [6, 6.07) is 12.3. The van der Waals surface area contributed by atoms with Crippen molar-refractivity contribution >= 4 is 27.7 Å². The first-order chi connectivity index (χ1) is 13.1. The Bertz CT molecular complexity index is 861. The number of phenols is 1. The molecular formula is C20H20BrN3O3. The first-order valence-corrected chi connectivity index (χ1v) is 9.41. The minimum absolute atomic E-state index is 0.0662. The van der Waals surface area contributed by atoms with E-state index in [4.69, 9.17) is 14.9 Å². The molecule has 2 aromatic carbocycles. The summed E-state index contributed by atoms with van der Waals surface area (Å²) >= 11 is 3.38. The van der Waals surface area contributed by atoms with E-state index in [0.717, 1.165) is 41.9 Å². The average molecular weight is 430 g/mol. The van der Waals surface area contributed by atoms with Crippen molar-refractivity contribution in [2.75, 3.05) is 26.3 Å². The third-order valence-electron chi connectivity index (χ3n) is 4.31. The van der Waals surface area contributed by atoms with Crippen molar-refractivity contribution in [1.29, 1.82) is 5.41 Å². The van der Waals surface area contributed by atoms with Crippen LogP contribution in [0, 0.1) is 5.41 Å². The number of nitrogens with one attached hydrogen (secondary N) is 1. The zero-order valence-electron chi connectivity index (χ0n) is 14.6. The van der Waals surface area contributed by atoms with Crippen molar-refractivity contribution in [3.8, 4) is 11.5 Å². The van der Waals surface area contributed by atoms with Crippen LogP contribution in [-0.2, 0) is 4.74 Å². The smallest absolute Gasteiger partial charge is 0.222 e. The summed E-state index contributed by atoms with van der Waals surface area (Å²) in [5, 5.41) is 29.1. The van der Waals surface area contributed by atoms with Gasteiger partial charge >= 0.3 is 0 Å². The molecule has 1 saturated heterocycles. The Hall–Kier alpha value is -2.44. The lowest BCUT2D eigenvalue weighted by Gasteiger charge is -2.28. The molecular weight excluding hydrogens is 410 g/mol. The predicted octanol–water partition coefficient (Wildman–Crippen LogP) is 2.40. The van der Waals surface area contributed by atoms with Gasteiger partial charge in [-0.25, -0.2) is 0 Å². The van der Waals surface area contributed by atoms with E-state index < -0.39 is 0 Å². The summed E-state index contributed by atoms with van der Waals surface area (Å²) in [5.74, 6) is 2.00. The Kier molecular flexibility index (Phi) is 6.42. The van der Waals surface area contributed by atoms with Gasteiger partial charge in [0.1, 0.15) is 11.5 Å². The number of hydrogen-bond donors (Lipinski definition) is 3. The summed E-state index contributed by atoms with van der Waals surface area (Å²) in [6.07, 6.45) is 0. The summed E-state index contributed by atoms with van der Waals surface area (Å²) in [4.78, 5) is 0. The second-order valence-corrected chi connectivity index (χ2v) is 7.06. The van der Waals surface area contributed by atoms with E-state index in [1.807, 2.05) is 24.3 Å². The third-order valence-corrected chi connectivity index (χ3v) is 4.84. The fourth-order valence-electron chi connectivity index (χ4n) is 3.00. The lowest BCUT2D eigenvalue weighted by molar-refractivity contribution is -0.670. The SMILES string of the molecule is C1COCC[NH2+]1.[N-]=C=C1C(=N)Oc2cc(O)ccc2C1c1ccc(Br)cc1. The molecule has 2 aromatic rings. The number of benzene rings is 2. The highest BCUT2D eigenvalue weighted by Gasteiger charge is 2.30. The number of aromatic hydroxyl groups is 1. The molecule has 7 heteroatoms. The number of morpholine rings is 1. The minimum atomic E-state index is -0.361.